The molecule has 0 saturated heterocycles. The molecule has 0 bridgehead atoms. The van der Waals surface area contributed by atoms with Gasteiger partial charge in [-0.2, -0.15) is 0 Å². The van der Waals surface area contributed by atoms with Crippen LogP contribution in [0.15, 0.2) is 35.1 Å². The van der Waals surface area contributed by atoms with Gasteiger partial charge in [0.2, 0.25) is 5.88 Å². The maximum atomic E-state index is 13.7. The summed E-state index contributed by atoms with van der Waals surface area (Å²) in [6, 6.07) is 4.41. The van der Waals surface area contributed by atoms with E-state index in [0.29, 0.717) is 4.47 Å². The first-order valence-corrected chi connectivity index (χ1v) is 5.90. The molecular weight excluding hydrogens is 303 g/mol. The summed E-state index contributed by atoms with van der Waals surface area (Å²) >= 11 is 3.16. The van der Waals surface area contributed by atoms with E-state index in [1.165, 1.54) is 31.6 Å². The van der Waals surface area contributed by atoms with Crippen LogP contribution in [0.2, 0.25) is 0 Å². The molecule has 1 heterocycles. The highest BCUT2D eigenvalue weighted by molar-refractivity contribution is 9.10. The second kappa shape index (κ2) is 5.41. The predicted octanol–water partition coefficient (Wildman–Crippen LogP) is 2.47. The molecule has 0 saturated carbocycles. The predicted molar refractivity (Wildman–Crippen MR) is 66.7 cm³/mol. The first kappa shape index (κ1) is 12.9. The third kappa shape index (κ3) is 2.49. The van der Waals surface area contributed by atoms with Gasteiger partial charge in [-0.3, -0.25) is 4.98 Å². The lowest BCUT2D eigenvalue weighted by Gasteiger charge is -2.13. The first-order valence-electron chi connectivity index (χ1n) is 5.11. The molecule has 4 nitrogen and oxygen atoms in total. The Hall–Kier alpha value is -1.53. The topological polar surface area (TPSA) is 55.2 Å². The number of aliphatic hydroxyl groups excluding tert-OH is 1. The van der Waals surface area contributed by atoms with Gasteiger partial charge in [0, 0.05) is 22.4 Å². The summed E-state index contributed by atoms with van der Waals surface area (Å²) in [5.74, 6) is -0.350. The normalized spacial score (nSPS) is 12.2. The quantitative estimate of drug-likeness (QED) is 0.946. The van der Waals surface area contributed by atoms with Gasteiger partial charge in [-0.1, -0.05) is 22.0 Å². The van der Waals surface area contributed by atoms with E-state index in [1.54, 1.807) is 6.07 Å². The van der Waals surface area contributed by atoms with Crippen molar-refractivity contribution in [3.05, 3.63) is 52.1 Å². The molecule has 94 valence electrons. The second-order valence-electron chi connectivity index (χ2n) is 3.52. The third-order valence-electron chi connectivity index (χ3n) is 2.40. The fourth-order valence-corrected chi connectivity index (χ4v) is 1.88. The average molecular weight is 313 g/mol. The van der Waals surface area contributed by atoms with E-state index in [9.17, 15) is 9.50 Å². The van der Waals surface area contributed by atoms with E-state index in [1.807, 2.05) is 0 Å². The lowest BCUT2D eigenvalue weighted by atomic mass is 10.1. The molecule has 0 radical (unpaired) electrons. The van der Waals surface area contributed by atoms with Crippen molar-refractivity contribution >= 4 is 15.9 Å². The van der Waals surface area contributed by atoms with Crippen LogP contribution in [0, 0.1) is 5.82 Å². The van der Waals surface area contributed by atoms with Crippen LogP contribution >= 0.6 is 15.9 Å². The monoisotopic (exact) mass is 312 g/mol. The van der Waals surface area contributed by atoms with Crippen molar-refractivity contribution in [1.82, 2.24) is 9.97 Å². The van der Waals surface area contributed by atoms with Crippen molar-refractivity contribution in [2.24, 2.45) is 0 Å². The van der Waals surface area contributed by atoms with Crippen LogP contribution in [0.4, 0.5) is 4.39 Å². The Morgan fingerprint density at radius 1 is 1.33 bits per heavy atom. The van der Waals surface area contributed by atoms with E-state index in [4.69, 9.17) is 4.74 Å². The van der Waals surface area contributed by atoms with Crippen LogP contribution in [0.25, 0.3) is 0 Å². The van der Waals surface area contributed by atoms with Crippen molar-refractivity contribution in [3.8, 4) is 5.88 Å². The minimum atomic E-state index is -1.22. The Labute approximate surface area is 112 Å². The van der Waals surface area contributed by atoms with Gasteiger partial charge in [-0.25, -0.2) is 9.37 Å². The number of aliphatic hydroxyl groups is 1. The number of methoxy groups -OCH3 is 1. The number of hydrogen-bond donors (Lipinski definition) is 1. The number of ether oxygens (including phenoxy) is 1. The molecule has 2 aromatic rings. The van der Waals surface area contributed by atoms with Crippen LogP contribution in [0.3, 0.4) is 0 Å². The van der Waals surface area contributed by atoms with E-state index >= 15 is 0 Å². The number of halogens is 2. The molecule has 1 atom stereocenters. The lowest BCUT2D eigenvalue weighted by molar-refractivity contribution is 0.202. The summed E-state index contributed by atoms with van der Waals surface area (Å²) < 4.78 is 19.3. The van der Waals surface area contributed by atoms with Gasteiger partial charge >= 0.3 is 0 Å². The number of aromatic nitrogens is 2. The maximum absolute atomic E-state index is 13.7. The fraction of sp³-hybridized carbons (Fsp3) is 0.167. The van der Waals surface area contributed by atoms with Crippen LogP contribution in [0.1, 0.15) is 17.4 Å². The first-order chi connectivity index (χ1) is 8.63. The highest BCUT2D eigenvalue weighted by atomic mass is 79.9. The SMILES string of the molecule is COc1nccnc1C(O)c1ccc(Br)cc1F. The van der Waals surface area contributed by atoms with Crippen molar-refractivity contribution in [3.63, 3.8) is 0 Å². The van der Waals surface area contributed by atoms with Gasteiger partial charge in [-0.05, 0) is 12.1 Å². The molecule has 6 heteroatoms. The molecule has 0 aliphatic heterocycles. The summed E-state index contributed by atoms with van der Waals surface area (Å²) in [5.41, 5.74) is 0.304. The third-order valence-corrected chi connectivity index (χ3v) is 2.89. The van der Waals surface area contributed by atoms with Crippen molar-refractivity contribution in [1.29, 1.82) is 0 Å². The van der Waals surface area contributed by atoms with Crippen LogP contribution < -0.4 is 4.74 Å². The van der Waals surface area contributed by atoms with E-state index in [2.05, 4.69) is 25.9 Å². The molecule has 1 aromatic carbocycles. The van der Waals surface area contributed by atoms with Gasteiger partial charge in [-0.15, -0.1) is 0 Å². The molecule has 1 unspecified atom stereocenters. The van der Waals surface area contributed by atoms with Crippen molar-refractivity contribution < 1.29 is 14.2 Å². The zero-order chi connectivity index (χ0) is 13.1. The van der Waals surface area contributed by atoms with Gasteiger partial charge in [0.25, 0.3) is 0 Å². The standard InChI is InChI=1S/C12H10BrFN2O2/c1-18-12-10(15-4-5-16-12)11(17)8-3-2-7(13)6-9(8)14/h2-6,11,17H,1H3. The summed E-state index contributed by atoms with van der Waals surface area (Å²) in [5, 5.41) is 10.1. The van der Waals surface area contributed by atoms with E-state index in [0.717, 1.165) is 0 Å². The Morgan fingerprint density at radius 2 is 2.06 bits per heavy atom. The molecule has 0 amide bonds. The minimum absolute atomic E-state index is 0.122. The smallest absolute Gasteiger partial charge is 0.238 e. The molecule has 0 aliphatic carbocycles. The number of rotatable bonds is 3. The van der Waals surface area contributed by atoms with Gasteiger partial charge < -0.3 is 9.84 Å². The van der Waals surface area contributed by atoms with Crippen molar-refractivity contribution in [2.75, 3.05) is 7.11 Å². The lowest BCUT2D eigenvalue weighted by Crippen LogP contribution is -2.08. The Morgan fingerprint density at radius 3 is 2.72 bits per heavy atom. The summed E-state index contributed by atoms with van der Waals surface area (Å²) in [7, 11) is 1.41. The van der Waals surface area contributed by atoms with Gasteiger partial charge in [0.15, 0.2) is 0 Å². The van der Waals surface area contributed by atoms with Crippen molar-refractivity contribution in [2.45, 2.75) is 6.10 Å². The Kier molecular flexibility index (Phi) is 3.88. The second-order valence-corrected chi connectivity index (χ2v) is 4.43. The molecule has 18 heavy (non-hydrogen) atoms. The van der Waals surface area contributed by atoms with E-state index in [-0.39, 0.29) is 17.1 Å². The van der Waals surface area contributed by atoms with Crippen LogP contribution in [-0.4, -0.2) is 22.2 Å². The van der Waals surface area contributed by atoms with E-state index < -0.39 is 11.9 Å². The van der Waals surface area contributed by atoms with Crippen LogP contribution in [-0.2, 0) is 0 Å². The zero-order valence-electron chi connectivity index (χ0n) is 9.47. The average Bonchev–Trinajstić information content (AvgIpc) is 2.38. The van der Waals surface area contributed by atoms with Gasteiger partial charge in [0.1, 0.15) is 17.6 Å². The van der Waals surface area contributed by atoms with Crippen LogP contribution in [0.5, 0.6) is 5.88 Å². The Bertz CT molecular complexity index is 566. The number of nitrogens with zero attached hydrogens (tertiary/aromatic N) is 2. The fourth-order valence-electron chi connectivity index (χ4n) is 1.55. The Balaban J connectivity index is 2.44. The molecule has 1 N–H and O–H groups in total. The number of hydrogen-bond acceptors (Lipinski definition) is 4. The highest BCUT2D eigenvalue weighted by Gasteiger charge is 2.21. The highest BCUT2D eigenvalue weighted by Crippen LogP contribution is 2.29. The zero-order valence-corrected chi connectivity index (χ0v) is 11.1. The molecular formula is C12H10BrFN2O2. The summed E-state index contributed by atoms with van der Waals surface area (Å²) in [6.45, 7) is 0. The summed E-state index contributed by atoms with van der Waals surface area (Å²) in [4.78, 5) is 7.89. The summed E-state index contributed by atoms with van der Waals surface area (Å²) in [6.07, 6.45) is 1.63. The number of benzene rings is 1. The largest absolute Gasteiger partial charge is 0.480 e. The molecule has 0 aliphatic rings. The molecule has 2 rings (SSSR count). The molecule has 0 fully saturated rings. The molecule has 0 spiro atoms. The maximum Gasteiger partial charge on any atom is 0.238 e. The molecule has 1 aromatic heterocycles. The van der Waals surface area contributed by atoms with Gasteiger partial charge in [0.05, 0.1) is 7.11 Å². The minimum Gasteiger partial charge on any atom is -0.480 e.